The Hall–Kier alpha value is -1.07. The number of aromatic nitrogens is 2. The van der Waals surface area contributed by atoms with Crippen LogP contribution in [0.4, 0.5) is 0 Å². The standard InChI is InChI=1S/C13H15BrClN3O/c1-8(15)13-16-10-6-9(14)4-5-11(10)18(13)7-12(19)17(2)3/h4-6,8H,7H2,1-3H3. The van der Waals surface area contributed by atoms with Gasteiger partial charge in [-0.15, -0.1) is 11.6 Å². The lowest BCUT2D eigenvalue weighted by Gasteiger charge is -2.14. The molecular formula is C13H15BrClN3O. The summed E-state index contributed by atoms with van der Waals surface area (Å²) in [6, 6.07) is 5.80. The smallest absolute Gasteiger partial charge is 0.242 e. The first-order chi connectivity index (χ1) is 8.90. The molecule has 1 heterocycles. The molecule has 2 aromatic rings. The fourth-order valence-electron chi connectivity index (χ4n) is 1.87. The van der Waals surface area contributed by atoms with Crippen LogP contribution in [0.25, 0.3) is 11.0 Å². The second-order valence-corrected chi connectivity index (χ2v) is 6.16. The van der Waals surface area contributed by atoms with E-state index in [4.69, 9.17) is 11.6 Å². The Morgan fingerprint density at radius 1 is 1.53 bits per heavy atom. The molecule has 1 amide bonds. The molecule has 0 radical (unpaired) electrons. The largest absolute Gasteiger partial charge is 0.347 e. The van der Waals surface area contributed by atoms with Crippen molar-refractivity contribution in [1.29, 1.82) is 0 Å². The first-order valence-electron chi connectivity index (χ1n) is 5.90. The van der Waals surface area contributed by atoms with E-state index < -0.39 is 0 Å². The van der Waals surface area contributed by atoms with Crippen LogP contribution in [0.1, 0.15) is 18.1 Å². The fourth-order valence-corrected chi connectivity index (χ4v) is 2.38. The minimum absolute atomic E-state index is 0.0146. The Bertz CT molecular complexity index is 622. The summed E-state index contributed by atoms with van der Waals surface area (Å²) in [6.45, 7) is 2.10. The number of imidazole rings is 1. The molecule has 0 fully saturated rings. The van der Waals surface area contributed by atoms with Gasteiger partial charge in [0.15, 0.2) is 0 Å². The van der Waals surface area contributed by atoms with Gasteiger partial charge in [-0.1, -0.05) is 15.9 Å². The Morgan fingerprint density at radius 3 is 2.79 bits per heavy atom. The summed E-state index contributed by atoms with van der Waals surface area (Å²) in [5.74, 6) is 0.728. The Labute approximate surface area is 125 Å². The highest BCUT2D eigenvalue weighted by atomic mass is 79.9. The maximum Gasteiger partial charge on any atom is 0.242 e. The van der Waals surface area contributed by atoms with Crippen LogP contribution in [0.5, 0.6) is 0 Å². The summed E-state index contributed by atoms with van der Waals surface area (Å²) in [6.07, 6.45) is 0. The van der Waals surface area contributed by atoms with E-state index in [0.29, 0.717) is 5.82 Å². The maximum atomic E-state index is 11.9. The van der Waals surface area contributed by atoms with Crippen LogP contribution in [0, 0.1) is 0 Å². The lowest BCUT2D eigenvalue weighted by molar-refractivity contribution is -0.129. The summed E-state index contributed by atoms with van der Waals surface area (Å²) in [7, 11) is 3.48. The average Bonchev–Trinajstić information content (AvgIpc) is 2.67. The normalized spacial score (nSPS) is 12.7. The molecule has 0 spiro atoms. The maximum absolute atomic E-state index is 11.9. The minimum atomic E-state index is -0.249. The summed E-state index contributed by atoms with van der Waals surface area (Å²) in [5.41, 5.74) is 1.75. The van der Waals surface area contributed by atoms with Gasteiger partial charge in [0.2, 0.25) is 5.91 Å². The van der Waals surface area contributed by atoms with Crippen molar-refractivity contribution in [2.45, 2.75) is 18.8 Å². The number of fused-ring (bicyclic) bond motifs is 1. The van der Waals surface area contributed by atoms with Gasteiger partial charge < -0.3 is 9.47 Å². The lowest BCUT2D eigenvalue weighted by atomic mass is 10.3. The van der Waals surface area contributed by atoms with E-state index in [-0.39, 0.29) is 17.8 Å². The number of likely N-dealkylation sites (N-methyl/N-ethyl adjacent to an activating group) is 1. The van der Waals surface area contributed by atoms with Gasteiger partial charge in [0.25, 0.3) is 0 Å². The third-order valence-electron chi connectivity index (χ3n) is 2.89. The van der Waals surface area contributed by atoms with Crippen molar-refractivity contribution < 1.29 is 4.79 Å². The number of alkyl halides is 1. The molecule has 0 bridgehead atoms. The molecule has 0 saturated carbocycles. The molecule has 1 atom stereocenters. The molecule has 1 aromatic heterocycles. The summed E-state index contributed by atoms with van der Waals surface area (Å²) >= 11 is 9.58. The van der Waals surface area contributed by atoms with Crippen LogP contribution < -0.4 is 0 Å². The number of amides is 1. The number of nitrogens with zero attached hydrogens (tertiary/aromatic N) is 3. The van der Waals surface area contributed by atoms with E-state index in [1.54, 1.807) is 19.0 Å². The molecule has 0 aliphatic heterocycles. The first-order valence-corrected chi connectivity index (χ1v) is 7.13. The van der Waals surface area contributed by atoms with E-state index in [0.717, 1.165) is 15.5 Å². The fraction of sp³-hybridized carbons (Fsp3) is 0.385. The van der Waals surface area contributed by atoms with Crippen LogP contribution in [0.3, 0.4) is 0 Å². The van der Waals surface area contributed by atoms with Crippen molar-refractivity contribution in [2.75, 3.05) is 14.1 Å². The second kappa shape index (κ2) is 5.51. The number of hydrogen-bond donors (Lipinski definition) is 0. The van der Waals surface area contributed by atoms with Gasteiger partial charge in [-0.05, 0) is 25.1 Å². The van der Waals surface area contributed by atoms with Gasteiger partial charge in [0.1, 0.15) is 12.4 Å². The van der Waals surface area contributed by atoms with Crippen molar-refractivity contribution in [3.05, 3.63) is 28.5 Å². The van der Waals surface area contributed by atoms with E-state index in [9.17, 15) is 4.79 Å². The number of benzene rings is 1. The van der Waals surface area contributed by atoms with Gasteiger partial charge in [0, 0.05) is 18.6 Å². The second-order valence-electron chi connectivity index (χ2n) is 4.59. The molecule has 1 aromatic carbocycles. The highest BCUT2D eigenvalue weighted by Crippen LogP contribution is 2.26. The van der Waals surface area contributed by atoms with Crippen LogP contribution in [-0.4, -0.2) is 34.5 Å². The van der Waals surface area contributed by atoms with Crippen LogP contribution in [0.2, 0.25) is 0 Å². The highest BCUT2D eigenvalue weighted by molar-refractivity contribution is 9.10. The van der Waals surface area contributed by atoms with Gasteiger partial charge in [-0.3, -0.25) is 4.79 Å². The quantitative estimate of drug-likeness (QED) is 0.802. The zero-order valence-electron chi connectivity index (χ0n) is 11.0. The number of rotatable bonds is 3. The average molecular weight is 345 g/mol. The molecule has 4 nitrogen and oxygen atoms in total. The summed E-state index contributed by atoms with van der Waals surface area (Å²) in [5, 5.41) is -0.249. The predicted molar refractivity (Wildman–Crippen MR) is 80.4 cm³/mol. The van der Waals surface area contributed by atoms with Crippen molar-refractivity contribution in [3.8, 4) is 0 Å². The Kier molecular flexibility index (Phi) is 4.16. The molecule has 2 rings (SSSR count). The molecule has 0 saturated heterocycles. The summed E-state index contributed by atoms with van der Waals surface area (Å²) < 4.78 is 2.83. The van der Waals surface area contributed by atoms with Crippen molar-refractivity contribution in [2.24, 2.45) is 0 Å². The van der Waals surface area contributed by atoms with Gasteiger partial charge in [0.05, 0.1) is 16.4 Å². The molecule has 1 unspecified atom stereocenters. The third kappa shape index (κ3) is 2.92. The molecular weight excluding hydrogens is 330 g/mol. The number of carbonyl (C=O) groups excluding carboxylic acids is 1. The highest BCUT2D eigenvalue weighted by Gasteiger charge is 2.17. The van der Waals surface area contributed by atoms with Gasteiger partial charge >= 0.3 is 0 Å². The number of carbonyl (C=O) groups is 1. The monoisotopic (exact) mass is 343 g/mol. The molecule has 19 heavy (non-hydrogen) atoms. The van der Waals surface area contributed by atoms with Crippen LogP contribution >= 0.6 is 27.5 Å². The van der Waals surface area contributed by atoms with E-state index in [1.165, 1.54) is 0 Å². The van der Waals surface area contributed by atoms with Gasteiger partial charge in [-0.2, -0.15) is 0 Å². The zero-order valence-corrected chi connectivity index (χ0v) is 13.4. The molecule has 0 aliphatic carbocycles. The third-order valence-corrected chi connectivity index (χ3v) is 3.58. The van der Waals surface area contributed by atoms with Crippen molar-refractivity contribution in [3.63, 3.8) is 0 Å². The molecule has 102 valence electrons. The predicted octanol–water partition coefficient (Wildman–Crippen LogP) is 3.19. The SMILES string of the molecule is CC(Cl)c1nc2cc(Br)ccc2n1CC(=O)N(C)C. The van der Waals surface area contributed by atoms with Crippen LogP contribution in [0.15, 0.2) is 22.7 Å². The number of halogens is 2. The zero-order chi connectivity index (χ0) is 14.2. The Balaban J connectivity index is 2.55. The summed E-state index contributed by atoms with van der Waals surface area (Å²) in [4.78, 5) is 18.0. The number of hydrogen-bond acceptors (Lipinski definition) is 2. The van der Waals surface area contributed by atoms with E-state index in [1.807, 2.05) is 29.7 Å². The van der Waals surface area contributed by atoms with Crippen LogP contribution in [-0.2, 0) is 11.3 Å². The topological polar surface area (TPSA) is 38.1 Å². The molecule has 0 aliphatic rings. The molecule has 6 heteroatoms. The first kappa shape index (κ1) is 14.3. The molecule has 0 N–H and O–H groups in total. The lowest BCUT2D eigenvalue weighted by Crippen LogP contribution is -2.27. The van der Waals surface area contributed by atoms with Crippen molar-refractivity contribution >= 4 is 44.5 Å². The Morgan fingerprint density at radius 2 is 2.21 bits per heavy atom. The minimum Gasteiger partial charge on any atom is -0.347 e. The van der Waals surface area contributed by atoms with E-state index >= 15 is 0 Å². The van der Waals surface area contributed by atoms with Gasteiger partial charge in [-0.25, -0.2) is 4.98 Å². The van der Waals surface area contributed by atoms with E-state index in [2.05, 4.69) is 20.9 Å². The van der Waals surface area contributed by atoms with Crippen molar-refractivity contribution in [1.82, 2.24) is 14.5 Å².